The van der Waals surface area contributed by atoms with Gasteiger partial charge in [0.1, 0.15) is 12.6 Å². The molecule has 3 atom stereocenters. The van der Waals surface area contributed by atoms with Gasteiger partial charge in [-0.1, -0.05) is 95.3 Å². The third-order valence-corrected chi connectivity index (χ3v) is 9.98. The number of nitrogens with one attached hydrogen (secondary N) is 4. The number of anilines is 1. The second kappa shape index (κ2) is 17.5. The Hall–Kier alpha value is -4.99. The number of aliphatic hydroxyl groups excluding tert-OH is 1. The number of fused-ring (bicyclic) bond motifs is 1. The van der Waals surface area contributed by atoms with Gasteiger partial charge in [0.05, 0.1) is 35.2 Å². The largest absolute Gasteiger partial charge is 0.453 e. The zero-order valence-corrected chi connectivity index (χ0v) is 31.1. The first-order valence-electron chi connectivity index (χ1n) is 16.9. The number of sulfonamides is 1. The van der Waals surface area contributed by atoms with Gasteiger partial charge in [-0.25, -0.2) is 23.0 Å². The lowest BCUT2D eigenvalue weighted by Gasteiger charge is -2.34. The maximum atomic E-state index is 14.1. The normalized spacial score (nSPS) is 13.7. The van der Waals surface area contributed by atoms with E-state index in [4.69, 9.17) is 4.74 Å². The van der Waals surface area contributed by atoms with Gasteiger partial charge in [-0.15, -0.1) is 0 Å². The van der Waals surface area contributed by atoms with Crippen LogP contribution in [0.15, 0.2) is 83.8 Å². The first-order valence-corrected chi connectivity index (χ1v) is 18.3. The van der Waals surface area contributed by atoms with Crippen molar-refractivity contribution < 1.29 is 37.4 Å². The van der Waals surface area contributed by atoms with Crippen LogP contribution in [0.4, 0.5) is 15.5 Å². The Kier molecular flexibility index (Phi) is 13.4. The molecule has 4 rings (SSSR count). The lowest BCUT2D eigenvalue weighted by Crippen LogP contribution is -2.58. The molecule has 52 heavy (non-hydrogen) atoms. The van der Waals surface area contributed by atoms with E-state index < -0.39 is 51.7 Å². The van der Waals surface area contributed by atoms with Crippen molar-refractivity contribution in [1.82, 2.24) is 24.9 Å². The molecule has 15 heteroatoms. The monoisotopic (exact) mass is 736 g/mol. The first kappa shape index (κ1) is 39.8. The molecule has 0 bridgehead atoms. The number of nitrogens with zero attached hydrogens (tertiary/aromatic N) is 2. The number of aromatic nitrogens is 2. The van der Waals surface area contributed by atoms with Crippen molar-refractivity contribution in [2.75, 3.05) is 25.5 Å². The number of carbonyl (C=O) groups excluding carboxylic acids is 3. The van der Waals surface area contributed by atoms with E-state index in [2.05, 4.69) is 30.7 Å². The number of alkyl carbamates (subject to hydrolysis) is 1. The fourth-order valence-corrected chi connectivity index (χ4v) is 7.14. The zero-order valence-electron chi connectivity index (χ0n) is 30.3. The van der Waals surface area contributed by atoms with E-state index in [9.17, 15) is 27.9 Å². The number of aromatic amines is 1. The van der Waals surface area contributed by atoms with Gasteiger partial charge in [0, 0.05) is 13.1 Å². The summed E-state index contributed by atoms with van der Waals surface area (Å²) in [6, 6.07) is 20.6. The Morgan fingerprint density at radius 1 is 0.904 bits per heavy atom. The summed E-state index contributed by atoms with van der Waals surface area (Å²) in [6.07, 6.45) is -2.71. The van der Waals surface area contributed by atoms with Gasteiger partial charge >= 0.3 is 12.2 Å². The Balaban J connectivity index is 1.58. The molecule has 1 heterocycles. The molecule has 5 N–H and O–H groups in total. The topological polar surface area (TPSA) is 192 Å². The number of rotatable bonds is 15. The quantitative estimate of drug-likeness (QED) is 0.114. The number of amides is 3. The van der Waals surface area contributed by atoms with Gasteiger partial charge in [0.25, 0.3) is 0 Å². The number of methoxy groups -OCH3 is 1. The third-order valence-electron chi connectivity index (χ3n) is 8.15. The van der Waals surface area contributed by atoms with Crippen molar-refractivity contribution in [3.8, 4) is 0 Å². The van der Waals surface area contributed by atoms with Crippen LogP contribution in [0.1, 0.15) is 45.7 Å². The van der Waals surface area contributed by atoms with Crippen molar-refractivity contribution in [1.29, 1.82) is 0 Å². The van der Waals surface area contributed by atoms with E-state index in [1.807, 2.05) is 74.5 Å². The molecule has 4 aromatic rings. The van der Waals surface area contributed by atoms with E-state index in [0.717, 1.165) is 11.1 Å². The highest BCUT2D eigenvalue weighted by Crippen LogP contribution is 2.25. The van der Waals surface area contributed by atoms with Crippen LogP contribution in [0.5, 0.6) is 0 Å². The lowest BCUT2D eigenvalue weighted by molar-refractivity contribution is -0.127. The number of hydrogen-bond donors (Lipinski definition) is 5. The van der Waals surface area contributed by atoms with E-state index in [1.165, 1.54) is 29.6 Å². The molecule has 0 spiro atoms. The molecular weight excluding hydrogens is 689 g/mol. The maximum Gasteiger partial charge on any atom is 0.413 e. The highest BCUT2D eigenvalue weighted by atomic mass is 32.2. The highest BCUT2D eigenvalue weighted by molar-refractivity contribution is 7.89. The summed E-state index contributed by atoms with van der Waals surface area (Å²) in [5.74, 6) is -0.603. The van der Waals surface area contributed by atoms with Gasteiger partial charge in [0.2, 0.25) is 21.9 Å². The molecule has 0 saturated heterocycles. The van der Waals surface area contributed by atoms with Crippen molar-refractivity contribution >= 4 is 45.1 Å². The number of ether oxygens (including phenoxy) is 2. The van der Waals surface area contributed by atoms with Crippen LogP contribution < -0.4 is 16.0 Å². The molecule has 0 fully saturated rings. The van der Waals surface area contributed by atoms with Gasteiger partial charge < -0.3 is 30.2 Å². The second-order valence-corrected chi connectivity index (χ2v) is 15.9. The van der Waals surface area contributed by atoms with Crippen molar-refractivity contribution in [3.63, 3.8) is 0 Å². The molecular formula is C37H48N6O8S. The van der Waals surface area contributed by atoms with Crippen molar-refractivity contribution in [2.45, 2.75) is 70.7 Å². The summed E-state index contributed by atoms with van der Waals surface area (Å²) < 4.78 is 39.5. The van der Waals surface area contributed by atoms with Crippen molar-refractivity contribution in [2.24, 2.45) is 11.3 Å². The summed E-state index contributed by atoms with van der Waals surface area (Å²) in [4.78, 5) is 45.5. The Labute approximate surface area is 304 Å². The molecule has 3 aromatic carbocycles. The first-order chi connectivity index (χ1) is 24.6. The number of aliphatic hydroxyl groups is 1. The fourth-order valence-electron chi connectivity index (χ4n) is 5.49. The van der Waals surface area contributed by atoms with E-state index in [-0.39, 0.29) is 42.9 Å². The summed E-state index contributed by atoms with van der Waals surface area (Å²) >= 11 is 0. The number of hydrogen-bond acceptors (Lipinski definition) is 9. The Bertz CT molecular complexity index is 1910. The smallest absolute Gasteiger partial charge is 0.413 e. The molecule has 1 unspecified atom stereocenters. The molecule has 14 nitrogen and oxygen atoms in total. The van der Waals surface area contributed by atoms with Crippen LogP contribution >= 0.6 is 0 Å². The van der Waals surface area contributed by atoms with Crippen LogP contribution in [0.2, 0.25) is 0 Å². The minimum Gasteiger partial charge on any atom is -0.453 e. The van der Waals surface area contributed by atoms with Crippen LogP contribution in [-0.4, -0.2) is 84.3 Å². The predicted molar refractivity (Wildman–Crippen MR) is 197 cm³/mol. The minimum absolute atomic E-state index is 0.0134. The molecule has 0 radical (unpaired) electrons. The molecule has 3 amide bonds. The average Bonchev–Trinajstić information content (AvgIpc) is 3.50. The number of benzene rings is 3. The van der Waals surface area contributed by atoms with E-state index in [1.54, 1.807) is 20.8 Å². The second-order valence-electron chi connectivity index (χ2n) is 14.0. The molecule has 1 aromatic heterocycles. The Morgan fingerprint density at radius 2 is 1.54 bits per heavy atom. The fraction of sp³-hybridized carbons (Fsp3) is 0.405. The Morgan fingerprint density at radius 3 is 2.13 bits per heavy atom. The number of H-pyrrole nitrogens is 1. The van der Waals surface area contributed by atoms with Crippen LogP contribution in [0.25, 0.3) is 11.0 Å². The SMILES string of the molecule is COC(=O)Nc1nc2ccc(S(=O)(=O)N(CC(C)C)C[C@@H](O)C(Cc3ccccc3)NC(=O)[C@@H](NC(=O)OCc3ccccc3)C(C)(C)C)cc2[nH]1. The lowest BCUT2D eigenvalue weighted by atomic mass is 9.85. The summed E-state index contributed by atoms with van der Waals surface area (Å²) in [6.45, 7) is 8.83. The number of imidazole rings is 1. The summed E-state index contributed by atoms with van der Waals surface area (Å²) in [5, 5.41) is 19.8. The van der Waals surface area contributed by atoms with E-state index in [0.29, 0.717) is 11.0 Å². The van der Waals surface area contributed by atoms with Crippen LogP contribution in [0, 0.1) is 11.3 Å². The zero-order chi connectivity index (χ0) is 38.1. The average molecular weight is 737 g/mol. The minimum atomic E-state index is -4.19. The van der Waals surface area contributed by atoms with Gasteiger partial charge in [-0.2, -0.15) is 4.31 Å². The maximum absolute atomic E-state index is 14.1. The molecule has 0 aliphatic rings. The molecule has 0 aliphatic heterocycles. The van der Waals surface area contributed by atoms with E-state index >= 15 is 0 Å². The third kappa shape index (κ3) is 11.0. The summed E-state index contributed by atoms with van der Waals surface area (Å²) in [7, 11) is -2.98. The van der Waals surface area contributed by atoms with Crippen molar-refractivity contribution in [3.05, 3.63) is 90.0 Å². The standard InChI is InChI=1S/C37H48N6O8S/c1-24(2)21-43(52(48,49)27-17-18-28-29(20-27)40-34(39-28)42-35(46)50-6)22-31(44)30(19-25-13-9-7-10-14-25)38-33(45)32(37(3,4)5)41-36(47)51-23-26-15-11-8-12-16-26/h7-18,20,24,30-32,44H,19,21-23H2,1-6H3,(H,38,45)(H,41,47)(H2,39,40,42,46)/t30?,31-,32-/m1/s1. The number of carbonyl (C=O) groups is 3. The summed E-state index contributed by atoms with van der Waals surface area (Å²) in [5.41, 5.74) is 1.59. The van der Waals surface area contributed by atoms with Gasteiger partial charge in [0.15, 0.2) is 0 Å². The molecule has 0 saturated carbocycles. The molecule has 0 aliphatic carbocycles. The van der Waals surface area contributed by atoms with Gasteiger partial charge in [-0.05, 0) is 47.1 Å². The van der Waals surface area contributed by atoms with Crippen LogP contribution in [-0.2, 0) is 37.3 Å². The predicted octanol–water partition coefficient (Wildman–Crippen LogP) is 4.82. The molecule has 280 valence electrons. The highest BCUT2D eigenvalue weighted by Gasteiger charge is 2.37. The van der Waals surface area contributed by atoms with Gasteiger partial charge in [-0.3, -0.25) is 10.1 Å². The van der Waals surface area contributed by atoms with Crippen LogP contribution in [0.3, 0.4) is 0 Å².